The Hall–Kier alpha value is -3.25. The lowest BCUT2D eigenvalue weighted by Gasteiger charge is -2.29. The molecule has 0 spiro atoms. The van der Waals surface area contributed by atoms with Crippen LogP contribution in [-0.2, 0) is 17.6 Å². The van der Waals surface area contributed by atoms with Crippen LogP contribution in [0.3, 0.4) is 0 Å². The van der Waals surface area contributed by atoms with E-state index in [4.69, 9.17) is 9.72 Å². The van der Waals surface area contributed by atoms with Crippen molar-refractivity contribution in [3.8, 4) is 0 Å². The van der Waals surface area contributed by atoms with Gasteiger partial charge in [-0.1, -0.05) is 19.1 Å². The fraction of sp³-hybridized carbons (Fsp3) is 0.433. The van der Waals surface area contributed by atoms with E-state index in [9.17, 15) is 14.7 Å². The summed E-state index contributed by atoms with van der Waals surface area (Å²) < 4.78 is 5.10. The number of nitrogens with one attached hydrogen (secondary N) is 1. The number of ether oxygens (including phenoxy) is 1. The number of hydrogen-bond donors (Lipinski definition) is 2. The summed E-state index contributed by atoms with van der Waals surface area (Å²) in [5, 5.41) is 13.6. The van der Waals surface area contributed by atoms with Gasteiger partial charge in [0.05, 0.1) is 23.7 Å². The molecule has 0 saturated heterocycles. The third kappa shape index (κ3) is 5.00. The van der Waals surface area contributed by atoms with Crippen molar-refractivity contribution in [2.24, 2.45) is 11.3 Å². The normalized spacial score (nSPS) is 18.8. The van der Waals surface area contributed by atoms with Crippen LogP contribution in [0.4, 0.5) is 0 Å². The average Bonchev–Trinajstić information content (AvgIpc) is 3.65. The molecule has 36 heavy (non-hydrogen) atoms. The van der Waals surface area contributed by atoms with Gasteiger partial charge >= 0.3 is 5.97 Å². The second kappa shape index (κ2) is 10.0. The Kier molecular flexibility index (Phi) is 6.80. The van der Waals surface area contributed by atoms with E-state index in [0.717, 1.165) is 35.2 Å². The van der Waals surface area contributed by atoms with Crippen molar-refractivity contribution in [2.45, 2.75) is 58.4 Å². The van der Waals surface area contributed by atoms with Crippen LogP contribution in [-0.4, -0.2) is 35.2 Å². The van der Waals surface area contributed by atoms with Gasteiger partial charge in [-0.25, -0.2) is 4.79 Å². The van der Waals surface area contributed by atoms with Crippen LogP contribution in [0, 0.1) is 11.3 Å². The number of rotatable bonds is 8. The summed E-state index contributed by atoms with van der Waals surface area (Å²) >= 11 is 0. The second-order valence-corrected chi connectivity index (χ2v) is 10.5. The highest BCUT2D eigenvalue weighted by atomic mass is 16.5. The minimum atomic E-state index is -0.436. The molecule has 6 heteroatoms. The van der Waals surface area contributed by atoms with Gasteiger partial charge in [-0.3, -0.25) is 9.78 Å². The quantitative estimate of drug-likeness (QED) is 0.429. The van der Waals surface area contributed by atoms with Gasteiger partial charge in [-0.15, -0.1) is 0 Å². The summed E-state index contributed by atoms with van der Waals surface area (Å²) in [7, 11) is 0. The van der Waals surface area contributed by atoms with Crippen LogP contribution >= 0.6 is 0 Å². The van der Waals surface area contributed by atoms with Crippen LogP contribution < -0.4 is 5.32 Å². The number of nitrogens with zero attached hydrogens (tertiary/aromatic N) is 1. The number of pyridine rings is 1. The van der Waals surface area contributed by atoms with Crippen molar-refractivity contribution in [3.63, 3.8) is 0 Å². The van der Waals surface area contributed by atoms with E-state index in [-0.39, 0.29) is 12.5 Å². The largest absolute Gasteiger partial charge is 0.462 e. The molecule has 2 N–H and O–H groups in total. The molecule has 1 heterocycles. The molecule has 0 bridgehead atoms. The highest BCUT2D eigenvalue weighted by Gasteiger charge is 2.45. The number of aliphatic hydroxyl groups is 1. The highest BCUT2D eigenvalue weighted by Crippen LogP contribution is 2.55. The van der Waals surface area contributed by atoms with Gasteiger partial charge in [0, 0.05) is 23.3 Å². The second-order valence-electron chi connectivity index (χ2n) is 10.5. The zero-order valence-electron chi connectivity index (χ0n) is 21.0. The molecular formula is C30H34N2O4. The number of aromatic nitrogens is 1. The molecule has 2 aliphatic rings. The van der Waals surface area contributed by atoms with Gasteiger partial charge < -0.3 is 15.2 Å². The van der Waals surface area contributed by atoms with Crippen LogP contribution in [0.2, 0.25) is 0 Å². The molecule has 0 aliphatic heterocycles. The van der Waals surface area contributed by atoms with Gasteiger partial charge in [0.2, 0.25) is 0 Å². The number of aliphatic hydroxyl groups excluding tert-OH is 1. The van der Waals surface area contributed by atoms with Gasteiger partial charge in [-0.05, 0) is 104 Å². The topological polar surface area (TPSA) is 88.5 Å². The van der Waals surface area contributed by atoms with E-state index in [1.165, 1.54) is 30.5 Å². The van der Waals surface area contributed by atoms with E-state index >= 15 is 0 Å². The first-order valence-electron chi connectivity index (χ1n) is 13.0. The van der Waals surface area contributed by atoms with Crippen molar-refractivity contribution in [1.82, 2.24) is 10.3 Å². The molecule has 188 valence electrons. The molecule has 0 radical (unpaired) electrons. The van der Waals surface area contributed by atoms with Crippen LogP contribution in [0.25, 0.3) is 10.9 Å². The van der Waals surface area contributed by atoms with Crippen LogP contribution in [0.5, 0.6) is 0 Å². The zero-order valence-corrected chi connectivity index (χ0v) is 21.0. The summed E-state index contributed by atoms with van der Waals surface area (Å²) in [5.74, 6) is 0.0926. The Morgan fingerprint density at radius 1 is 1.17 bits per heavy atom. The van der Waals surface area contributed by atoms with Crippen molar-refractivity contribution in [2.75, 3.05) is 13.2 Å². The smallest absolute Gasteiger partial charge is 0.338 e. The standard InChI is InChI=1S/C30H34N2O4/c1-3-36-29(35)21-6-4-5-19(15-21)27(11-14-33)32-28(34)20-7-9-25-22(16-20)17-23-18-24(30(2)12-13-30)8-10-26(23)31-25/h4-7,9,15-17,24,27,33H,3,8,10-14,18H2,1-2H3,(H,32,34)/t24-,27+/m0/s1. The van der Waals surface area contributed by atoms with Gasteiger partial charge in [-0.2, -0.15) is 0 Å². The average molecular weight is 487 g/mol. The van der Waals surface area contributed by atoms with Crippen molar-refractivity contribution in [1.29, 1.82) is 0 Å². The predicted molar refractivity (Wildman–Crippen MR) is 139 cm³/mol. The summed E-state index contributed by atoms with van der Waals surface area (Å²) in [4.78, 5) is 30.3. The molecule has 5 rings (SSSR count). The molecule has 1 amide bonds. The molecule has 6 nitrogen and oxygen atoms in total. The van der Waals surface area contributed by atoms with E-state index in [0.29, 0.717) is 29.6 Å². The van der Waals surface area contributed by atoms with Crippen molar-refractivity contribution >= 4 is 22.8 Å². The Labute approximate surface area is 212 Å². The van der Waals surface area contributed by atoms with Crippen LogP contribution in [0.1, 0.15) is 83.1 Å². The number of benzene rings is 2. The van der Waals surface area contributed by atoms with E-state index in [2.05, 4.69) is 18.3 Å². The first kappa shape index (κ1) is 24.4. The maximum absolute atomic E-state index is 13.2. The fourth-order valence-corrected chi connectivity index (χ4v) is 5.46. The molecule has 1 saturated carbocycles. The summed E-state index contributed by atoms with van der Waals surface area (Å²) in [6, 6.07) is 14.4. The third-order valence-corrected chi connectivity index (χ3v) is 7.99. The van der Waals surface area contributed by atoms with E-state index in [1.54, 1.807) is 31.2 Å². The molecule has 3 aromatic rings. The summed E-state index contributed by atoms with van der Waals surface area (Å²) in [6.45, 7) is 4.37. The van der Waals surface area contributed by atoms with Crippen molar-refractivity contribution < 1.29 is 19.4 Å². The number of carbonyl (C=O) groups is 2. The minimum absolute atomic E-state index is 0.0948. The maximum atomic E-state index is 13.2. The van der Waals surface area contributed by atoms with Crippen LogP contribution in [0.15, 0.2) is 48.5 Å². The molecule has 1 aromatic heterocycles. The lowest BCUT2D eigenvalue weighted by Crippen LogP contribution is -2.29. The van der Waals surface area contributed by atoms with E-state index < -0.39 is 12.0 Å². The molecule has 2 atom stereocenters. The predicted octanol–water partition coefficient (Wildman–Crippen LogP) is 5.17. The molecule has 2 aromatic carbocycles. The van der Waals surface area contributed by atoms with Crippen molar-refractivity contribution in [3.05, 3.63) is 76.5 Å². The summed E-state index contributed by atoms with van der Waals surface area (Å²) in [6.07, 6.45) is 6.31. The number of aryl methyl sites for hydroxylation is 1. The van der Waals surface area contributed by atoms with Gasteiger partial charge in [0.15, 0.2) is 0 Å². The van der Waals surface area contributed by atoms with Gasteiger partial charge in [0.25, 0.3) is 5.91 Å². The number of amides is 1. The van der Waals surface area contributed by atoms with Gasteiger partial charge in [0.1, 0.15) is 0 Å². The number of carbonyl (C=O) groups excluding carboxylic acids is 2. The highest BCUT2D eigenvalue weighted by molar-refractivity contribution is 5.98. The zero-order chi connectivity index (χ0) is 25.3. The molecule has 2 aliphatic carbocycles. The Morgan fingerprint density at radius 3 is 2.75 bits per heavy atom. The number of hydrogen-bond acceptors (Lipinski definition) is 5. The lowest BCUT2D eigenvalue weighted by molar-refractivity contribution is 0.0526. The summed E-state index contributed by atoms with van der Waals surface area (Å²) in [5.41, 5.74) is 5.65. The lowest BCUT2D eigenvalue weighted by atomic mass is 9.77. The Bertz CT molecular complexity index is 1300. The molecular weight excluding hydrogens is 452 g/mol. The first-order valence-corrected chi connectivity index (χ1v) is 13.0. The molecule has 0 unspecified atom stereocenters. The molecule has 1 fully saturated rings. The first-order chi connectivity index (χ1) is 17.4. The number of esters is 1. The SMILES string of the molecule is CCOC(=O)c1cccc([C@@H](CCO)NC(=O)c2ccc3nc4c(cc3c2)C[C@@H](C2(C)CC2)CC4)c1. The Balaban J connectivity index is 1.37. The third-order valence-electron chi connectivity index (χ3n) is 7.99. The maximum Gasteiger partial charge on any atom is 0.338 e. The number of fused-ring (bicyclic) bond motifs is 2. The Morgan fingerprint density at radius 2 is 2.00 bits per heavy atom. The minimum Gasteiger partial charge on any atom is -0.462 e. The monoisotopic (exact) mass is 486 g/mol. The van der Waals surface area contributed by atoms with E-state index in [1.807, 2.05) is 18.2 Å². The fourth-order valence-electron chi connectivity index (χ4n) is 5.46.